The number of methoxy groups -OCH3 is 1. The van der Waals surface area contributed by atoms with Crippen LogP contribution in [0.3, 0.4) is 0 Å². The van der Waals surface area contributed by atoms with Crippen molar-refractivity contribution in [2.24, 2.45) is 0 Å². The molecule has 0 aromatic carbocycles. The third-order valence-corrected chi connectivity index (χ3v) is 2.28. The molecular weight excluding hydrogens is 234 g/mol. The fourth-order valence-corrected chi connectivity index (χ4v) is 1.28. The number of hydrogen-bond acceptors (Lipinski definition) is 5. The van der Waals surface area contributed by atoms with E-state index < -0.39 is 5.91 Å². The monoisotopic (exact) mass is 255 g/mol. The summed E-state index contributed by atoms with van der Waals surface area (Å²) in [7, 11) is 1.59. The highest BCUT2D eigenvalue weighted by Gasteiger charge is 2.09. The number of ether oxygens (including phenoxy) is 1. The summed E-state index contributed by atoms with van der Waals surface area (Å²) >= 11 is 0. The third-order valence-electron chi connectivity index (χ3n) is 2.28. The van der Waals surface area contributed by atoms with Gasteiger partial charge in [-0.15, -0.1) is 0 Å². The highest BCUT2D eigenvalue weighted by Crippen LogP contribution is 1.98. The van der Waals surface area contributed by atoms with Crippen LogP contribution in [0.2, 0.25) is 0 Å². The summed E-state index contributed by atoms with van der Waals surface area (Å²) in [6.45, 7) is 3.94. The van der Waals surface area contributed by atoms with Crippen LogP contribution in [0.4, 0.5) is 0 Å². The molecule has 0 heterocycles. The zero-order valence-corrected chi connectivity index (χ0v) is 11.0. The topological polar surface area (TPSA) is 85.6 Å². The predicted molar refractivity (Wildman–Crippen MR) is 67.5 cm³/mol. The first-order chi connectivity index (χ1) is 8.69. The van der Waals surface area contributed by atoms with Gasteiger partial charge in [-0.25, -0.2) is 0 Å². The van der Waals surface area contributed by atoms with E-state index in [1.54, 1.807) is 12.0 Å². The molecule has 6 heteroatoms. The average Bonchev–Trinajstić information content (AvgIpc) is 2.39. The Hall–Kier alpha value is -1.58. The highest BCUT2D eigenvalue weighted by atomic mass is 16.5. The van der Waals surface area contributed by atoms with E-state index >= 15 is 0 Å². The predicted octanol–water partition coefficient (Wildman–Crippen LogP) is -0.139. The summed E-state index contributed by atoms with van der Waals surface area (Å²) in [4.78, 5) is 13.4. The SMILES string of the molecule is CCN(/C=C(/C#N)C(=O)NCCCOC)CCO. The number of rotatable bonds is 9. The van der Waals surface area contributed by atoms with Crippen LogP contribution in [0.1, 0.15) is 13.3 Å². The van der Waals surface area contributed by atoms with Crippen LogP contribution in [0.5, 0.6) is 0 Å². The summed E-state index contributed by atoms with van der Waals surface area (Å²) < 4.78 is 4.86. The van der Waals surface area contributed by atoms with Gasteiger partial charge in [0.25, 0.3) is 5.91 Å². The van der Waals surface area contributed by atoms with Gasteiger partial charge in [-0.1, -0.05) is 0 Å². The Morgan fingerprint density at radius 3 is 2.83 bits per heavy atom. The summed E-state index contributed by atoms with van der Waals surface area (Å²) in [5.41, 5.74) is 0.0442. The minimum absolute atomic E-state index is 0.0154. The number of nitriles is 1. The number of carbonyl (C=O) groups is 1. The fourth-order valence-electron chi connectivity index (χ4n) is 1.28. The number of carbonyl (C=O) groups excluding carboxylic acids is 1. The molecule has 0 atom stereocenters. The van der Waals surface area contributed by atoms with E-state index in [0.717, 1.165) is 0 Å². The molecule has 0 bridgehead atoms. The van der Waals surface area contributed by atoms with Crippen molar-refractivity contribution in [2.45, 2.75) is 13.3 Å². The van der Waals surface area contributed by atoms with Crippen LogP contribution in [0, 0.1) is 11.3 Å². The zero-order valence-electron chi connectivity index (χ0n) is 11.0. The lowest BCUT2D eigenvalue weighted by Gasteiger charge is -2.16. The maximum Gasteiger partial charge on any atom is 0.263 e. The molecule has 1 amide bonds. The van der Waals surface area contributed by atoms with Gasteiger partial charge in [-0.2, -0.15) is 5.26 Å². The minimum atomic E-state index is -0.398. The molecule has 0 spiro atoms. The molecule has 18 heavy (non-hydrogen) atoms. The maximum atomic E-state index is 11.7. The number of nitrogens with one attached hydrogen (secondary N) is 1. The molecule has 6 nitrogen and oxygen atoms in total. The van der Waals surface area contributed by atoms with Crippen molar-refractivity contribution in [3.8, 4) is 6.07 Å². The van der Waals surface area contributed by atoms with Crippen LogP contribution in [0.15, 0.2) is 11.8 Å². The van der Waals surface area contributed by atoms with E-state index in [4.69, 9.17) is 15.1 Å². The van der Waals surface area contributed by atoms with Gasteiger partial charge in [-0.3, -0.25) is 4.79 Å². The van der Waals surface area contributed by atoms with Crippen molar-refractivity contribution in [3.63, 3.8) is 0 Å². The first-order valence-electron chi connectivity index (χ1n) is 5.93. The molecule has 0 rings (SSSR count). The number of amides is 1. The zero-order chi connectivity index (χ0) is 13.8. The van der Waals surface area contributed by atoms with Crippen LogP contribution in [-0.2, 0) is 9.53 Å². The van der Waals surface area contributed by atoms with Crippen LogP contribution in [-0.4, -0.2) is 55.9 Å². The largest absolute Gasteiger partial charge is 0.395 e. The molecule has 0 fully saturated rings. The van der Waals surface area contributed by atoms with Gasteiger partial charge in [0, 0.05) is 39.6 Å². The molecule has 0 saturated heterocycles. The number of hydrogen-bond donors (Lipinski definition) is 2. The second kappa shape index (κ2) is 10.6. The number of likely N-dealkylation sites (N-methyl/N-ethyl adjacent to an activating group) is 1. The maximum absolute atomic E-state index is 11.7. The van der Waals surface area contributed by atoms with Crippen molar-refractivity contribution >= 4 is 5.91 Å². The van der Waals surface area contributed by atoms with Crippen molar-refractivity contribution < 1.29 is 14.6 Å². The normalized spacial score (nSPS) is 10.9. The molecule has 102 valence electrons. The molecule has 0 radical (unpaired) electrons. The van der Waals surface area contributed by atoms with Gasteiger partial charge in [0.05, 0.1) is 6.61 Å². The standard InChI is InChI=1S/C12H21N3O3/c1-3-15(6-7-16)10-11(9-13)12(17)14-5-4-8-18-2/h10,16H,3-8H2,1-2H3,(H,14,17)/b11-10-. The molecule has 0 aromatic heterocycles. The van der Waals surface area contributed by atoms with E-state index in [0.29, 0.717) is 32.7 Å². The summed E-state index contributed by atoms with van der Waals surface area (Å²) in [6.07, 6.45) is 2.18. The molecular formula is C12H21N3O3. The van der Waals surface area contributed by atoms with E-state index in [9.17, 15) is 4.79 Å². The lowest BCUT2D eigenvalue weighted by molar-refractivity contribution is -0.117. The summed E-state index contributed by atoms with van der Waals surface area (Å²) in [5, 5.41) is 20.4. The Morgan fingerprint density at radius 1 is 1.61 bits per heavy atom. The summed E-state index contributed by atoms with van der Waals surface area (Å²) in [6, 6.07) is 1.86. The van der Waals surface area contributed by atoms with Gasteiger partial charge < -0.3 is 20.1 Å². The van der Waals surface area contributed by atoms with Gasteiger partial charge in [0.15, 0.2) is 0 Å². The minimum Gasteiger partial charge on any atom is -0.395 e. The lowest BCUT2D eigenvalue weighted by atomic mass is 10.2. The van der Waals surface area contributed by atoms with Crippen molar-refractivity contribution in [2.75, 3.05) is 40.0 Å². The van der Waals surface area contributed by atoms with Crippen molar-refractivity contribution in [1.82, 2.24) is 10.2 Å². The Kier molecular flexibility index (Phi) is 9.64. The quantitative estimate of drug-likeness (QED) is 0.340. The molecule has 0 unspecified atom stereocenters. The fraction of sp³-hybridized carbons (Fsp3) is 0.667. The Labute approximate surface area is 108 Å². The molecule has 0 aliphatic heterocycles. The van der Waals surface area contributed by atoms with Gasteiger partial charge in [0.1, 0.15) is 11.6 Å². The molecule has 0 saturated carbocycles. The highest BCUT2D eigenvalue weighted by molar-refractivity contribution is 5.97. The second-order valence-corrected chi connectivity index (χ2v) is 3.61. The van der Waals surface area contributed by atoms with E-state index in [1.165, 1.54) is 6.20 Å². The van der Waals surface area contributed by atoms with Crippen LogP contribution < -0.4 is 5.32 Å². The average molecular weight is 255 g/mol. The second-order valence-electron chi connectivity index (χ2n) is 3.61. The Balaban J connectivity index is 4.33. The Bertz CT molecular complexity index is 310. The van der Waals surface area contributed by atoms with Gasteiger partial charge in [0.2, 0.25) is 0 Å². The first kappa shape index (κ1) is 16.4. The van der Waals surface area contributed by atoms with E-state index in [1.807, 2.05) is 13.0 Å². The van der Waals surface area contributed by atoms with E-state index in [2.05, 4.69) is 5.32 Å². The van der Waals surface area contributed by atoms with Gasteiger partial charge >= 0.3 is 0 Å². The van der Waals surface area contributed by atoms with Crippen LogP contribution in [0.25, 0.3) is 0 Å². The van der Waals surface area contributed by atoms with E-state index in [-0.39, 0.29) is 12.2 Å². The van der Waals surface area contributed by atoms with Crippen molar-refractivity contribution in [1.29, 1.82) is 5.26 Å². The summed E-state index contributed by atoms with van der Waals surface area (Å²) in [5.74, 6) is -0.398. The number of aliphatic hydroxyl groups excluding tert-OH is 1. The number of aliphatic hydroxyl groups is 1. The first-order valence-corrected chi connectivity index (χ1v) is 5.93. The molecule has 0 aromatic rings. The van der Waals surface area contributed by atoms with Crippen molar-refractivity contribution in [3.05, 3.63) is 11.8 Å². The lowest BCUT2D eigenvalue weighted by Crippen LogP contribution is -2.29. The molecule has 0 aliphatic rings. The van der Waals surface area contributed by atoms with Crippen LogP contribution >= 0.6 is 0 Å². The van der Waals surface area contributed by atoms with Gasteiger partial charge in [-0.05, 0) is 13.3 Å². The Morgan fingerprint density at radius 2 is 2.33 bits per heavy atom. The molecule has 2 N–H and O–H groups in total. The molecule has 0 aliphatic carbocycles. The third kappa shape index (κ3) is 6.89. The number of nitrogens with zero attached hydrogens (tertiary/aromatic N) is 2. The smallest absolute Gasteiger partial charge is 0.263 e.